The number of amides is 1. The molecule has 10 nitrogen and oxygen atoms in total. The van der Waals surface area contributed by atoms with E-state index in [-0.39, 0.29) is 33.4 Å². The highest BCUT2D eigenvalue weighted by Gasteiger charge is 2.27. The molecule has 1 fully saturated rings. The average Bonchev–Trinajstić information content (AvgIpc) is 3.71. The van der Waals surface area contributed by atoms with Crippen LogP contribution in [0.3, 0.4) is 0 Å². The number of aryl methyl sites for hydroxylation is 1. The van der Waals surface area contributed by atoms with Crippen LogP contribution in [-0.4, -0.2) is 45.2 Å². The minimum atomic E-state index is -2.73. The minimum absolute atomic E-state index is 0.0387. The van der Waals surface area contributed by atoms with Crippen molar-refractivity contribution in [3.8, 4) is 17.7 Å². The zero-order valence-corrected chi connectivity index (χ0v) is 23.7. The molecule has 1 amide bonds. The maximum absolute atomic E-state index is 13.6. The van der Waals surface area contributed by atoms with Crippen molar-refractivity contribution in [2.24, 2.45) is 5.92 Å². The first-order chi connectivity index (χ1) is 19.7. The standard InChI is InChI=1S/C26H23F2N7O3S.C2H6/c1-13-7-23(36)35(12-18(13)29)21-9-15(16-8-19(24(27)28)30-11-20(16)38-2)17(10-31-21)25(37)32-26-34-33-22(39-26)6-5-14-3-4-14;1-2/h7-12,14,19,24,30H,3-4,29H2,1-2H3,(H,32,34,37);1-2H3. The average molecular weight is 582 g/mol. The molecule has 214 valence electrons. The van der Waals surface area contributed by atoms with E-state index in [0.29, 0.717) is 22.2 Å². The summed E-state index contributed by atoms with van der Waals surface area (Å²) in [4.78, 5) is 30.4. The van der Waals surface area contributed by atoms with Crippen LogP contribution >= 0.6 is 11.3 Å². The van der Waals surface area contributed by atoms with E-state index < -0.39 is 23.9 Å². The third-order valence-corrected chi connectivity index (χ3v) is 6.84. The van der Waals surface area contributed by atoms with E-state index in [2.05, 4.69) is 37.7 Å². The number of nitrogens with zero attached hydrogens (tertiary/aromatic N) is 4. The first kappa shape index (κ1) is 29.4. The van der Waals surface area contributed by atoms with E-state index in [9.17, 15) is 18.4 Å². The predicted molar refractivity (Wildman–Crippen MR) is 154 cm³/mol. The number of hydrogen-bond acceptors (Lipinski definition) is 9. The Bertz CT molecular complexity index is 1630. The maximum Gasteiger partial charge on any atom is 0.261 e. The number of anilines is 2. The van der Waals surface area contributed by atoms with Gasteiger partial charge in [0.15, 0.2) is 5.01 Å². The quantitative estimate of drug-likeness (QED) is 0.370. The topological polar surface area (TPSA) is 137 Å². The molecule has 0 spiro atoms. The number of methoxy groups -OCH3 is 1. The molecule has 1 unspecified atom stereocenters. The zero-order chi connectivity index (χ0) is 29.7. The molecular formula is C28H29F2N7O3S. The summed E-state index contributed by atoms with van der Waals surface area (Å²) >= 11 is 1.11. The summed E-state index contributed by atoms with van der Waals surface area (Å²) in [5, 5.41) is 13.9. The van der Waals surface area contributed by atoms with Gasteiger partial charge in [-0.2, -0.15) is 0 Å². The Kier molecular flexibility index (Phi) is 9.14. The second kappa shape index (κ2) is 12.7. The number of nitrogens with two attached hydrogens (primary N) is 1. The molecule has 1 aliphatic carbocycles. The molecule has 1 saturated carbocycles. The van der Waals surface area contributed by atoms with Gasteiger partial charge >= 0.3 is 0 Å². The van der Waals surface area contributed by atoms with Crippen molar-refractivity contribution >= 4 is 33.6 Å². The lowest BCUT2D eigenvalue weighted by Crippen LogP contribution is -2.33. The predicted octanol–water partition coefficient (Wildman–Crippen LogP) is 4.12. The van der Waals surface area contributed by atoms with E-state index in [1.54, 1.807) is 6.92 Å². The van der Waals surface area contributed by atoms with Gasteiger partial charge in [0.1, 0.15) is 17.6 Å². The molecule has 41 heavy (non-hydrogen) atoms. The SMILES string of the molecule is CC.COC1=CNC(C(F)F)C=C1c1cc(-n2cc(N)c(C)cc2=O)ncc1C(=O)Nc1nnc(C#CC2CC2)s1. The van der Waals surface area contributed by atoms with Crippen molar-refractivity contribution in [1.29, 1.82) is 0 Å². The van der Waals surface area contributed by atoms with E-state index in [0.717, 1.165) is 24.2 Å². The van der Waals surface area contributed by atoms with Crippen molar-refractivity contribution in [3.05, 3.63) is 74.6 Å². The van der Waals surface area contributed by atoms with Crippen molar-refractivity contribution in [2.45, 2.75) is 46.1 Å². The number of halogens is 2. The number of pyridine rings is 2. The number of alkyl halides is 2. The number of carbonyl (C=O) groups excluding carboxylic acids is 1. The maximum atomic E-state index is 13.6. The van der Waals surface area contributed by atoms with Crippen LogP contribution in [0.5, 0.6) is 0 Å². The lowest BCUT2D eigenvalue weighted by Gasteiger charge is -2.24. The Morgan fingerprint density at radius 1 is 1.29 bits per heavy atom. The van der Waals surface area contributed by atoms with Gasteiger partial charge in [-0.25, -0.2) is 13.8 Å². The summed E-state index contributed by atoms with van der Waals surface area (Å²) in [7, 11) is 1.38. The van der Waals surface area contributed by atoms with Crippen molar-refractivity contribution in [1.82, 2.24) is 25.1 Å². The lowest BCUT2D eigenvalue weighted by atomic mass is 9.95. The molecule has 3 aromatic rings. The molecule has 2 aliphatic rings. The monoisotopic (exact) mass is 581 g/mol. The van der Waals surface area contributed by atoms with Crippen molar-refractivity contribution in [2.75, 3.05) is 18.2 Å². The minimum Gasteiger partial charge on any atom is -0.495 e. The molecule has 4 N–H and O–H groups in total. The van der Waals surface area contributed by atoms with Crippen LogP contribution in [0.2, 0.25) is 0 Å². The van der Waals surface area contributed by atoms with Crippen LogP contribution < -0.4 is 21.9 Å². The first-order valence-electron chi connectivity index (χ1n) is 12.9. The van der Waals surface area contributed by atoms with Crippen LogP contribution in [0, 0.1) is 24.7 Å². The van der Waals surface area contributed by atoms with E-state index in [1.807, 2.05) is 13.8 Å². The van der Waals surface area contributed by atoms with Crippen molar-refractivity contribution in [3.63, 3.8) is 0 Å². The van der Waals surface area contributed by atoms with Gasteiger partial charge in [-0.1, -0.05) is 31.1 Å². The van der Waals surface area contributed by atoms with Crippen LogP contribution in [0.4, 0.5) is 19.6 Å². The Hall–Kier alpha value is -4.57. The van der Waals surface area contributed by atoms with E-state index >= 15 is 0 Å². The van der Waals surface area contributed by atoms with Gasteiger partial charge < -0.3 is 15.8 Å². The number of aromatic nitrogens is 4. The number of ether oxygens (including phenoxy) is 1. The van der Waals surface area contributed by atoms with Gasteiger partial charge in [0.2, 0.25) is 5.13 Å². The number of nitrogen functional groups attached to an aromatic ring is 1. The van der Waals surface area contributed by atoms with E-state index in [4.69, 9.17) is 10.5 Å². The fraction of sp³-hybridized carbons (Fsp3) is 0.321. The van der Waals surface area contributed by atoms with Crippen LogP contribution in [0.1, 0.15) is 53.2 Å². The van der Waals surface area contributed by atoms with Gasteiger partial charge in [0, 0.05) is 41.7 Å². The van der Waals surface area contributed by atoms with Gasteiger partial charge in [-0.05, 0) is 43.4 Å². The second-order valence-electron chi connectivity index (χ2n) is 8.94. The Morgan fingerprint density at radius 3 is 2.73 bits per heavy atom. The molecule has 4 heterocycles. The first-order valence-corrected chi connectivity index (χ1v) is 13.7. The Labute approximate surface area is 239 Å². The molecule has 0 radical (unpaired) electrons. The summed E-state index contributed by atoms with van der Waals surface area (Å²) in [6, 6.07) is 1.47. The number of hydrogen-bond donors (Lipinski definition) is 3. The highest BCUT2D eigenvalue weighted by molar-refractivity contribution is 7.15. The largest absolute Gasteiger partial charge is 0.495 e. The summed E-state index contributed by atoms with van der Waals surface area (Å²) in [6.45, 7) is 5.70. The smallest absolute Gasteiger partial charge is 0.261 e. The lowest BCUT2D eigenvalue weighted by molar-refractivity contribution is 0.102. The molecule has 5 rings (SSSR count). The molecule has 3 aromatic heterocycles. The number of carbonyl (C=O) groups is 1. The van der Waals surface area contributed by atoms with Crippen LogP contribution in [0.15, 0.2) is 47.4 Å². The summed E-state index contributed by atoms with van der Waals surface area (Å²) in [6.07, 6.45) is 4.65. The van der Waals surface area contributed by atoms with Gasteiger partial charge in [-0.15, -0.1) is 10.2 Å². The normalized spacial score (nSPS) is 15.8. The fourth-order valence-corrected chi connectivity index (χ4v) is 4.38. The third-order valence-electron chi connectivity index (χ3n) is 6.09. The van der Waals surface area contributed by atoms with Crippen molar-refractivity contribution < 1.29 is 18.3 Å². The Morgan fingerprint density at radius 2 is 2.05 bits per heavy atom. The molecule has 1 atom stereocenters. The molecule has 1 aliphatic heterocycles. The van der Waals surface area contributed by atoms with Crippen LogP contribution in [-0.2, 0) is 4.74 Å². The second-order valence-corrected chi connectivity index (χ2v) is 9.92. The molecule has 0 aromatic carbocycles. The summed E-state index contributed by atoms with van der Waals surface area (Å²) < 4.78 is 33.9. The van der Waals surface area contributed by atoms with Gasteiger partial charge in [-0.3, -0.25) is 19.5 Å². The van der Waals surface area contributed by atoms with Gasteiger partial charge in [0.25, 0.3) is 17.9 Å². The highest BCUT2D eigenvalue weighted by Crippen LogP contribution is 2.32. The number of rotatable bonds is 6. The molecule has 0 bridgehead atoms. The van der Waals surface area contributed by atoms with E-state index in [1.165, 1.54) is 48.5 Å². The fourth-order valence-electron chi connectivity index (χ4n) is 3.78. The number of nitrogens with one attached hydrogen (secondary N) is 2. The van der Waals surface area contributed by atoms with Crippen LogP contribution in [0.25, 0.3) is 11.4 Å². The highest BCUT2D eigenvalue weighted by atomic mass is 32.1. The molecule has 0 saturated heterocycles. The molecule has 13 heteroatoms. The van der Waals surface area contributed by atoms with Gasteiger partial charge in [0.05, 0.1) is 18.4 Å². The summed E-state index contributed by atoms with van der Waals surface area (Å²) in [5.41, 5.74) is 7.02. The Balaban J connectivity index is 0.00000189. The number of allylic oxidation sites excluding steroid dienone is 1. The zero-order valence-electron chi connectivity index (χ0n) is 22.9. The molecular weight excluding hydrogens is 552 g/mol. The third kappa shape index (κ3) is 6.78. The summed E-state index contributed by atoms with van der Waals surface area (Å²) in [5.74, 6) is 6.15. The number of dihydropyridines is 1.